The van der Waals surface area contributed by atoms with E-state index in [4.69, 9.17) is 4.74 Å². The first kappa shape index (κ1) is 26.9. The van der Waals surface area contributed by atoms with Gasteiger partial charge in [0.15, 0.2) is 5.96 Å². The van der Waals surface area contributed by atoms with E-state index in [-0.39, 0.29) is 24.0 Å². The minimum absolute atomic E-state index is 0. The number of halogens is 1. The molecule has 1 fully saturated rings. The zero-order valence-corrected chi connectivity index (χ0v) is 20.3. The van der Waals surface area contributed by atoms with Crippen molar-refractivity contribution in [3.05, 3.63) is 0 Å². The molecular weight excluding hydrogens is 453 g/mol. The number of nitrogens with zero attached hydrogens (tertiary/aromatic N) is 3. The lowest BCUT2D eigenvalue weighted by molar-refractivity contribution is 0.130. The van der Waals surface area contributed by atoms with E-state index in [0.717, 1.165) is 51.6 Å². The number of rotatable bonds is 14. The molecule has 1 saturated heterocycles. The topological polar surface area (TPSA) is 52.1 Å². The molecule has 7 heteroatoms. The first-order chi connectivity index (χ1) is 12.8. The summed E-state index contributed by atoms with van der Waals surface area (Å²) < 4.78 is 5.58. The lowest BCUT2D eigenvalue weighted by Crippen LogP contribution is -2.46. The van der Waals surface area contributed by atoms with Crippen LogP contribution in [0.1, 0.15) is 52.9 Å². The molecule has 0 radical (unpaired) electrons. The van der Waals surface area contributed by atoms with Gasteiger partial charge in [-0.1, -0.05) is 20.3 Å². The fourth-order valence-electron chi connectivity index (χ4n) is 3.04. The van der Waals surface area contributed by atoms with Gasteiger partial charge in [-0.2, -0.15) is 0 Å². The van der Waals surface area contributed by atoms with Crippen LogP contribution in [0, 0.1) is 0 Å². The summed E-state index contributed by atoms with van der Waals surface area (Å²) in [5.41, 5.74) is 0. The number of aliphatic imine (C=N–C) groups is 1. The second-order valence-corrected chi connectivity index (χ2v) is 6.99. The summed E-state index contributed by atoms with van der Waals surface area (Å²) >= 11 is 0. The summed E-state index contributed by atoms with van der Waals surface area (Å²) in [4.78, 5) is 9.77. The first-order valence-electron chi connectivity index (χ1n) is 10.8. The Hall–Kier alpha value is -0.120. The van der Waals surface area contributed by atoms with E-state index in [1.165, 1.54) is 58.5 Å². The SMILES string of the molecule is CCCCOCCCN=C(NCC)NCCCCN1CCN(CC)CC1.I. The fraction of sp³-hybridized carbons (Fsp3) is 0.950. The molecule has 0 unspecified atom stereocenters. The van der Waals surface area contributed by atoms with Crippen molar-refractivity contribution < 1.29 is 4.74 Å². The summed E-state index contributed by atoms with van der Waals surface area (Å²) in [5.74, 6) is 0.942. The monoisotopic (exact) mass is 497 g/mol. The molecule has 27 heavy (non-hydrogen) atoms. The van der Waals surface area contributed by atoms with Crippen LogP contribution < -0.4 is 10.6 Å². The van der Waals surface area contributed by atoms with Crippen LogP contribution in [0.15, 0.2) is 4.99 Å². The van der Waals surface area contributed by atoms with Crippen molar-refractivity contribution in [3.63, 3.8) is 0 Å². The number of likely N-dealkylation sites (N-methyl/N-ethyl adjacent to an activating group) is 1. The van der Waals surface area contributed by atoms with Crippen molar-refractivity contribution in [1.82, 2.24) is 20.4 Å². The van der Waals surface area contributed by atoms with Gasteiger partial charge < -0.3 is 25.2 Å². The molecule has 0 aromatic carbocycles. The van der Waals surface area contributed by atoms with Gasteiger partial charge in [-0.3, -0.25) is 4.99 Å². The molecular formula is C20H44IN5O. The van der Waals surface area contributed by atoms with Crippen molar-refractivity contribution >= 4 is 29.9 Å². The molecule has 0 saturated carbocycles. The highest BCUT2D eigenvalue weighted by molar-refractivity contribution is 14.0. The number of nitrogens with one attached hydrogen (secondary N) is 2. The third kappa shape index (κ3) is 14.5. The number of piperazine rings is 1. The van der Waals surface area contributed by atoms with Gasteiger partial charge in [0.25, 0.3) is 0 Å². The van der Waals surface area contributed by atoms with Crippen LogP contribution in [0.4, 0.5) is 0 Å². The molecule has 0 spiro atoms. The highest BCUT2D eigenvalue weighted by Gasteiger charge is 2.14. The zero-order valence-electron chi connectivity index (χ0n) is 18.0. The first-order valence-corrected chi connectivity index (χ1v) is 10.8. The zero-order chi connectivity index (χ0) is 18.9. The Morgan fingerprint density at radius 1 is 0.889 bits per heavy atom. The van der Waals surface area contributed by atoms with Crippen molar-refractivity contribution in [3.8, 4) is 0 Å². The van der Waals surface area contributed by atoms with Crippen molar-refractivity contribution in [2.45, 2.75) is 52.9 Å². The average Bonchev–Trinajstić information content (AvgIpc) is 2.67. The van der Waals surface area contributed by atoms with Gasteiger partial charge in [-0.15, -0.1) is 24.0 Å². The maximum absolute atomic E-state index is 5.58. The Morgan fingerprint density at radius 2 is 1.59 bits per heavy atom. The van der Waals surface area contributed by atoms with Gasteiger partial charge >= 0.3 is 0 Å². The van der Waals surface area contributed by atoms with E-state index in [9.17, 15) is 0 Å². The van der Waals surface area contributed by atoms with Crippen molar-refractivity contribution in [2.24, 2.45) is 4.99 Å². The average molecular weight is 498 g/mol. The van der Waals surface area contributed by atoms with Crippen LogP contribution >= 0.6 is 24.0 Å². The highest BCUT2D eigenvalue weighted by atomic mass is 127. The molecule has 0 aliphatic carbocycles. The molecule has 0 atom stereocenters. The molecule has 0 bridgehead atoms. The molecule has 0 aromatic rings. The molecule has 1 aliphatic rings. The quantitative estimate of drug-likeness (QED) is 0.167. The van der Waals surface area contributed by atoms with Gasteiger partial charge in [-0.05, 0) is 45.7 Å². The molecule has 6 nitrogen and oxygen atoms in total. The second kappa shape index (κ2) is 19.2. The maximum Gasteiger partial charge on any atom is 0.191 e. The number of hydrogen-bond donors (Lipinski definition) is 2. The molecule has 0 aromatic heterocycles. The molecule has 1 aliphatic heterocycles. The maximum atomic E-state index is 5.58. The Balaban J connectivity index is 0.00000676. The third-order valence-electron chi connectivity index (χ3n) is 4.81. The summed E-state index contributed by atoms with van der Waals surface area (Å²) in [6, 6.07) is 0. The standard InChI is InChI=1S/C20H43N5O.HI/c1-4-7-18-26-19-10-12-23-20(21-5-2)22-11-8-9-13-25-16-14-24(6-3)15-17-25;/h4-19H2,1-3H3,(H2,21,22,23);1H. The van der Waals surface area contributed by atoms with Crippen molar-refractivity contribution in [1.29, 1.82) is 0 Å². The highest BCUT2D eigenvalue weighted by Crippen LogP contribution is 2.02. The Kier molecular flexibility index (Phi) is 19.1. The van der Waals surface area contributed by atoms with Crippen LogP contribution in [0.25, 0.3) is 0 Å². The van der Waals surface area contributed by atoms with E-state index in [0.29, 0.717) is 0 Å². The van der Waals surface area contributed by atoms with E-state index in [2.05, 4.69) is 46.2 Å². The van der Waals surface area contributed by atoms with E-state index in [1.807, 2.05) is 0 Å². The molecule has 162 valence electrons. The number of unbranched alkanes of at least 4 members (excludes halogenated alkanes) is 2. The summed E-state index contributed by atoms with van der Waals surface area (Å²) in [6.07, 6.45) is 5.79. The minimum Gasteiger partial charge on any atom is -0.381 e. The van der Waals surface area contributed by atoms with Crippen molar-refractivity contribution in [2.75, 3.05) is 72.1 Å². The lowest BCUT2D eigenvalue weighted by Gasteiger charge is -2.34. The van der Waals surface area contributed by atoms with Gasteiger partial charge in [0.2, 0.25) is 0 Å². The van der Waals surface area contributed by atoms with E-state index >= 15 is 0 Å². The molecule has 1 heterocycles. The third-order valence-corrected chi connectivity index (χ3v) is 4.81. The summed E-state index contributed by atoms with van der Waals surface area (Å²) in [5, 5.41) is 6.78. The molecule has 2 N–H and O–H groups in total. The smallest absolute Gasteiger partial charge is 0.191 e. The van der Waals surface area contributed by atoms with Gasteiger partial charge in [0.05, 0.1) is 0 Å². The van der Waals surface area contributed by atoms with Crippen LogP contribution in [0.3, 0.4) is 0 Å². The molecule has 0 amide bonds. The number of guanidine groups is 1. The normalized spacial score (nSPS) is 16.2. The lowest BCUT2D eigenvalue weighted by atomic mass is 10.2. The molecule has 1 rings (SSSR count). The Morgan fingerprint density at radius 3 is 2.26 bits per heavy atom. The number of hydrogen-bond acceptors (Lipinski definition) is 4. The van der Waals surface area contributed by atoms with Gasteiger partial charge in [0, 0.05) is 59.0 Å². The van der Waals surface area contributed by atoms with E-state index < -0.39 is 0 Å². The minimum atomic E-state index is 0. The van der Waals surface area contributed by atoms with Gasteiger partial charge in [0.1, 0.15) is 0 Å². The second-order valence-electron chi connectivity index (χ2n) is 6.99. The summed E-state index contributed by atoms with van der Waals surface area (Å²) in [6.45, 7) is 18.3. The predicted octanol–water partition coefficient (Wildman–Crippen LogP) is 2.78. The van der Waals surface area contributed by atoms with Crippen LogP contribution in [-0.4, -0.2) is 87.9 Å². The Bertz CT molecular complexity index is 349. The number of ether oxygens (including phenoxy) is 1. The van der Waals surface area contributed by atoms with Gasteiger partial charge in [-0.25, -0.2) is 0 Å². The Labute approximate surface area is 184 Å². The van der Waals surface area contributed by atoms with E-state index in [1.54, 1.807) is 0 Å². The van der Waals surface area contributed by atoms with Crippen LogP contribution in [-0.2, 0) is 4.74 Å². The van der Waals surface area contributed by atoms with Crippen LogP contribution in [0.2, 0.25) is 0 Å². The van der Waals surface area contributed by atoms with Crippen LogP contribution in [0.5, 0.6) is 0 Å². The fourth-order valence-corrected chi connectivity index (χ4v) is 3.04. The largest absolute Gasteiger partial charge is 0.381 e. The predicted molar refractivity (Wildman–Crippen MR) is 128 cm³/mol. The summed E-state index contributed by atoms with van der Waals surface area (Å²) in [7, 11) is 0.